The minimum absolute atomic E-state index is 0.182. The number of piperidine rings is 1. The number of aliphatic hydroxyl groups excluding tert-OH is 1. The average molecular weight is 496 g/mol. The Morgan fingerprint density at radius 3 is 2.78 bits per heavy atom. The highest BCUT2D eigenvalue weighted by atomic mass is 16.5. The number of amides is 1. The quantitative estimate of drug-likeness (QED) is 0.338. The highest BCUT2D eigenvalue weighted by Crippen LogP contribution is 2.33. The molecular weight excluding hydrogens is 470 g/mol. The Bertz CT molecular complexity index is 1530. The van der Waals surface area contributed by atoms with E-state index in [1.54, 1.807) is 24.4 Å². The summed E-state index contributed by atoms with van der Waals surface area (Å²) in [6, 6.07) is 19.0. The summed E-state index contributed by atoms with van der Waals surface area (Å²) < 4.78 is 10.9. The molecule has 37 heavy (non-hydrogen) atoms. The van der Waals surface area contributed by atoms with Crippen molar-refractivity contribution in [3.63, 3.8) is 0 Å². The van der Waals surface area contributed by atoms with Gasteiger partial charge in [0, 0.05) is 42.7 Å². The minimum Gasteiger partial charge on any atom is -0.459 e. The maximum absolute atomic E-state index is 12.3. The number of nitrogens with one attached hydrogen (secondary N) is 1. The van der Waals surface area contributed by atoms with E-state index in [2.05, 4.69) is 37.5 Å². The van der Waals surface area contributed by atoms with Crippen molar-refractivity contribution in [3.8, 4) is 22.6 Å². The summed E-state index contributed by atoms with van der Waals surface area (Å²) in [6.45, 7) is 2.09. The van der Waals surface area contributed by atoms with Crippen LogP contribution in [-0.2, 0) is 0 Å². The molecule has 2 aromatic carbocycles. The summed E-state index contributed by atoms with van der Waals surface area (Å²) in [6.07, 6.45) is 5.19. The highest BCUT2D eigenvalue weighted by Gasteiger charge is 2.20. The van der Waals surface area contributed by atoms with E-state index in [-0.39, 0.29) is 18.3 Å². The molecular formula is C28H25N5O4. The minimum atomic E-state index is -0.418. The van der Waals surface area contributed by atoms with Gasteiger partial charge in [0.15, 0.2) is 11.5 Å². The number of fused-ring (bicyclic) bond motifs is 1. The van der Waals surface area contributed by atoms with E-state index >= 15 is 0 Å². The molecule has 1 saturated heterocycles. The molecule has 3 aromatic heterocycles. The van der Waals surface area contributed by atoms with Crippen LogP contribution < -0.4 is 10.2 Å². The standard InChI is InChI=1S/C28H25N5O4/c34-17-18-3-1-13-33(16-18)21-8-5-19(6-9-21)26-22-15-20(7-10-24(22)32-37-26)23-11-12-29-28(30-23)31-27(35)25-4-2-14-36-25/h2,4-12,14-15,18,34H,1,3,13,16-17H2,(H,29,30,31,35). The molecule has 0 spiro atoms. The lowest BCUT2D eigenvalue weighted by molar-refractivity contribution is 0.0996. The van der Waals surface area contributed by atoms with Crippen molar-refractivity contribution < 1.29 is 18.8 Å². The Morgan fingerprint density at radius 1 is 1.11 bits per heavy atom. The van der Waals surface area contributed by atoms with Gasteiger partial charge in [-0.2, -0.15) is 0 Å². The molecule has 0 radical (unpaired) electrons. The number of hydrogen-bond donors (Lipinski definition) is 2. The summed E-state index contributed by atoms with van der Waals surface area (Å²) in [7, 11) is 0. The monoisotopic (exact) mass is 495 g/mol. The van der Waals surface area contributed by atoms with E-state index in [4.69, 9.17) is 8.94 Å². The van der Waals surface area contributed by atoms with Crippen LogP contribution in [-0.4, -0.2) is 45.8 Å². The van der Waals surface area contributed by atoms with Gasteiger partial charge in [-0.05, 0) is 73.4 Å². The molecule has 5 aromatic rings. The van der Waals surface area contributed by atoms with Crippen molar-refractivity contribution in [3.05, 3.63) is 78.9 Å². The third-order valence-corrected chi connectivity index (χ3v) is 6.67. The maximum Gasteiger partial charge on any atom is 0.293 e. The zero-order valence-corrected chi connectivity index (χ0v) is 20.0. The molecule has 9 heteroatoms. The lowest BCUT2D eigenvalue weighted by Crippen LogP contribution is -2.36. The van der Waals surface area contributed by atoms with Crippen molar-refractivity contribution in [1.82, 2.24) is 15.1 Å². The van der Waals surface area contributed by atoms with Crippen LogP contribution in [0.25, 0.3) is 33.5 Å². The molecule has 1 unspecified atom stereocenters. The van der Waals surface area contributed by atoms with Gasteiger partial charge < -0.3 is 18.9 Å². The van der Waals surface area contributed by atoms with Crippen molar-refractivity contribution in [2.75, 3.05) is 29.9 Å². The lowest BCUT2D eigenvalue weighted by atomic mass is 9.98. The predicted molar refractivity (Wildman–Crippen MR) is 139 cm³/mol. The van der Waals surface area contributed by atoms with E-state index in [1.165, 1.54) is 6.26 Å². The fraction of sp³-hybridized carbons (Fsp3) is 0.214. The molecule has 0 bridgehead atoms. The Labute approximate surface area is 212 Å². The number of furan rings is 1. The second kappa shape index (κ2) is 9.87. The first-order chi connectivity index (χ1) is 18.2. The Morgan fingerprint density at radius 2 is 1.97 bits per heavy atom. The number of carbonyl (C=O) groups is 1. The van der Waals surface area contributed by atoms with Gasteiger partial charge in [-0.25, -0.2) is 9.97 Å². The summed E-state index contributed by atoms with van der Waals surface area (Å²) in [5.41, 5.74) is 4.29. The van der Waals surface area contributed by atoms with Crippen LogP contribution in [0.2, 0.25) is 0 Å². The normalized spacial score (nSPS) is 15.7. The van der Waals surface area contributed by atoms with Crippen LogP contribution in [0.4, 0.5) is 11.6 Å². The predicted octanol–water partition coefficient (Wildman–Crippen LogP) is 5.01. The summed E-state index contributed by atoms with van der Waals surface area (Å²) in [4.78, 5) is 23.3. The first-order valence-electron chi connectivity index (χ1n) is 12.2. The summed E-state index contributed by atoms with van der Waals surface area (Å²) in [5, 5.41) is 17.3. The molecule has 1 amide bonds. The third-order valence-electron chi connectivity index (χ3n) is 6.67. The third kappa shape index (κ3) is 4.68. The van der Waals surface area contributed by atoms with Gasteiger partial charge in [0.25, 0.3) is 5.91 Å². The van der Waals surface area contributed by atoms with Crippen molar-refractivity contribution >= 4 is 28.4 Å². The first kappa shape index (κ1) is 22.9. The number of aromatic nitrogens is 3. The molecule has 2 N–H and O–H groups in total. The molecule has 0 aliphatic carbocycles. The van der Waals surface area contributed by atoms with Crippen molar-refractivity contribution in [2.45, 2.75) is 12.8 Å². The molecule has 1 atom stereocenters. The van der Waals surface area contributed by atoms with E-state index in [0.29, 0.717) is 17.4 Å². The van der Waals surface area contributed by atoms with Gasteiger partial charge in [0.1, 0.15) is 5.52 Å². The van der Waals surface area contributed by atoms with Crippen LogP contribution in [0.3, 0.4) is 0 Å². The first-order valence-corrected chi connectivity index (χ1v) is 12.2. The molecule has 1 aliphatic rings. The molecule has 186 valence electrons. The van der Waals surface area contributed by atoms with Crippen LogP contribution in [0.1, 0.15) is 23.4 Å². The number of carbonyl (C=O) groups excluding carboxylic acids is 1. The van der Waals surface area contributed by atoms with E-state index in [0.717, 1.165) is 53.6 Å². The Hall–Kier alpha value is -4.50. The number of nitrogens with zero attached hydrogens (tertiary/aromatic N) is 4. The topological polar surface area (TPSA) is 118 Å². The number of aliphatic hydroxyl groups is 1. The largest absolute Gasteiger partial charge is 0.459 e. The smallest absolute Gasteiger partial charge is 0.293 e. The van der Waals surface area contributed by atoms with Crippen LogP contribution in [0.5, 0.6) is 0 Å². The van der Waals surface area contributed by atoms with Crippen LogP contribution in [0.15, 0.2) is 82.1 Å². The number of rotatable bonds is 6. The van der Waals surface area contributed by atoms with Gasteiger partial charge in [-0.15, -0.1) is 0 Å². The van der Waals surface area contributed by atoms with E-state index in [1.807, 2.05) is 30.3 Å². The maximum atomic E-state index is 12.3. The fourth-order valence-corrected chi connectivity index (χ4v) is 4.73. The van der Waals surface area contributed by atoms with Crippen molar-refractivity contribution in [1.29, 1.82) is 0 Å². The summed E-state index contributed by atoms with van der Waals surface area (Å²) in [5.74, 6) is 0.950. The molecule has 1 fully saturated rings. The van der Waals surface area contributed by atoms with Gasteiger partial charge in [-0.1, -0.05) is 11.2 Å². The zero-order chi connectivity index (χ0) is 25.2. The van der Waals surface area contributed by atoms with Crippen LogP contribution in [0, 0.1) is 5.92 Å². The summed E-state index contributed by atoms with van der Waals surface area (Å²) >= 11 is 0. The van der Waals surface area contributed by atoms with Gasteiger partial charge >= 0.3 is 0 Å². The van der Waals surface area contributed by atoms with Gasteiger partial charge in [-0.3, -0.25) is 10.1 Å². The number of benzene rings is 2. The Kier molecular flexibility index (Phi) is 6.11. The fourth-order valence-electron chi connectivity index (χ4n) is 4.73. The molecule has 4 heterocycles. The number of anilines is 2. The lowest BCUT2D eigenvalue weighted by Gasteiger charge is -2.33. The SMILES string of the molecule is O=C(Nc1nccc(-c2ccc3noc(-c4ccc(N5CCCC(CO)C5)cc4)c3c2)n1)c1ccco1. The molecule has 6 rings (SSSR count). The van der Waals surface area contributed by atoms with Crippen molar-refractivity contribution in [2.24, 2.45) is 5.92 Å². The van der Waals surface area contributed by atoms with Crippen LogP contribution >= 0.6 is 0 Å². The molecule has 9 nitrogen and oxygen atoms in total. The van der Waals surface area contributed by atoms with Gasteiger partial charge in [0.2, 0.25) is 5.95 Å². The highest BCUT2D eigenvalue weighted by molar-refractivity contribution is 6.01. The Balaban J connectivity index is 1.26. The zero-order valence-electron chi connectivity index (χ0n) is 20.0. The molecule has 0 saturated carbocycles. The van der Waals surface area contributed by atoms with E-state index < -0.39 is 5.91 Å². The van der Waals surface area contributed by atoms with E-state index in [9.17, 15) is 9.90 Å². The second-order valence-corrected chi connectivity index (χ2v) is 9.12. The van der Waals surface area contributed by atoms with Gasteiger partial charge in [0.05, 0.1) is 17.3 Å². The molecule has 1 aliphatic heterocycles. The average Bonchev–Trinajstić information content (AvgIpc) is 3.64. The number of hydrogen-bond acceptors (Lipinski definition) is 8. The second-order valence-electron chi connectivity index (χ2n) is 9.12.